The monoisotopic (exact) mass is 256 g/mol. The molecule has 0 saturated heterocycles. The van der Waals surface area contributed by atoms with Crippen LogP contribution in [0.1, 0.15) is 38.7 Å². The average Bonchev–Trinajstić information content (AvgIpc) is 2.76. The Bertz CT molecular complexity index is 528. The van der Waals surface area contributed by atoms with Gasteiger partial charge < -0.3 is 4.90 Å². The maximum Gasteiger partial charge on any atom is 0.230 e. The van der Waals surface area contributed by atoms with Gasteiger partial charge in [-0.3, -0.25) is 4.79 Å². The van der Waals surface area contributed by atoms with E-state index in [9.17, 15) is 4.79 Å². The molecule has 19 heavy (non-hydrogen) atoms. The first kappa shape index (κ1) is 13.6. The Morgan fingerprint density at radius 1 is 1.47 bits per heavy atom. The van der Waals surface area contributed by atoms with Crippen molar-refractivity contribution in [3.05, 3.63) is 29.8 Å². The number of carbonyl (C=O) groups is 1. The average molecular weight is 256 g/mol. The van der Waals surface area contributed by atoms with Crippen LogP contribution in [0.4, 0.5) is 5.69 Å². The molecule has 0 N–H and O–H groups in total. The molecule has 3 heteroatoms. The summed E-state index contributed by atoms with van der Waals surface area (Å²) in [5.74, 6) is 0.251. The van der Waals surface area contributed by atoms with E-state index in [4.69, 9.17) is 5.26 Å². The Morgan fingerprint density at radius 3 is 2.79 bits per heavy atom. The van der Waals surface area contributed by atoms with E-state index in [0.717, 1.165) is 24.9 Å². The minimum absolute atomic E-state index is 0.0815. The normalized spacial score (nSPS) is 20.8. The van der Waals surface area contributed by atoms with Gasteiger partial charge in [0, 0.05) is 18.7 Å². The van der Waals surface area contributed by atoms with E-state index in [1.54, 1.807) is 24.1 Å². The third-order valence-electron chi connectivity index (χ3n) is 4.25. The first-order valence-electron chi connectivity index (χ1n) is 6.73. The zero-order valence-corrected chi connectivity index (χ0v) is 11.8. The Labute approximate surface area is 114 Å². The summed E-state index contributed by atoms with van der Waals surface area (Å²) in [6.45, 7) is 4.34. The van der Waals surface area contributed by atoms with E-state index in [1.165, 1.54) is 0 Å². The Kier molecular flexibility index (Phi) is 3.61. The lowest BCUT2D eigenvalue weighted by Crippen LogP contribution is -2.37. The molecule has 1 atom stereocenters. The second-order valence-electron chi connectivity index (χ2n) is 5.99. The molecule has 1 aromatic rings. The summed E-state index contributed by atoms with van der Waals surface area (Å²) < 4.78 is 0. The molecule has 1 unspecified atom stereocenters. The number of anilines is 1. The highest BCUT2D eigenvalue weighted by molar-refractivity contribution is 5.95. The molecule has 0 radical (unpaired) electrons. The molecule has 0 spiro atoms. The van der Waals surface area contributed by atoms with Gasteiger partial charge in [-0.15, -0.1) is 0 Å². The van der Waals surface area contributed by atoms with Crippen LogP contribution in [0.5, 0.6) is 0 Å². The van der Waals surface area contributed by atoms with Crippen molar-refractivity contribution in [2.45, 2.75) is 33.1 Å². The van der Waals surface area contributed by atoms with Gasteiger partial charge in [0.15, 0.2) is 0 Å². The van der Waals surface area contributed by atoms with Gasteiger partial charge >= 0.3 is 0 Å². The molecule has 3 nitrogen and oxygen atoms in total. The quantitative estimate of drug-likeness (QED) is 0.814. The van der Waals surface area contributed by atoms with Gasteiger partial charge in [0.25, 0.3) is 0 Å². The second kappa shape index (κ2) is 5.05. The van der Waals surface area contributed by atoms with Crippen molar-refractivity contribution in [1.82, 2.24) is 0 Å². The second-order valence-corrected chi connectivity index (χ2v) is 5.99. The maximum absolute atomic E-state index is 12.6. The van der Waals surface area contributed by atoms with E-state index in [0.29, 0.717) is 5.56 Å². The molecule has 1 amide bonds. The van der Waals surface area contributed by atoms with Gasteiger partial charge in [-0.05, 0) is 36.5 Å². The van der Waals surface area contributed by atoms with Crippen LogP contribution in [0.2, 0.25) is 0 Å². The van der Waals surface area contributed by atoms with E-state index in [-0.39, 0.29) is 17.2 Å². The van der Waals surface area contributed by atoms with Crippen molar-refractivity contribution < 1.29 is 4.79 Å². The Balaban J connectivity index is 2.22. The zero-order valence-electron chi connectivity index (χ0n) is 11.8. The van der Waals surface area contributed by atoms with Crippen molar-refractivity contribution in [2.75, 3.05) is 11.9 Å². The summed E-state index contributed by atoms with van der Waals surface area (Å²) in [4.78, 5) is 14.3. The van der Waals surface area contributed by atoms with E-state index < -0.39 is 0 Å². The number of amides is 1. The minimum atomic E-state index is 0.0815. The van der Waals surface area contributed by atoms with E-state index in [1.807, 2.05) is 12.1 Å². The van der Waals surface area contributed by atoms with Crippen LogP contribution in [-0.4, -0.2) is 13.0 Å². The fraction of sp³-hybridized carbons (Fsp3) is 0.500. The van der Waals surface area contributed by atoms with Gasteiger partial charge in [-0.25, -0.2) is 0 Å². The van der Waals surface area contributed by atoms with E-state index in [2.05, 4.69) is 19.9 Å². The molecule has 0 aromatic heterocycles. The number of nitriles is 1. The lowest BCUT2D eigenvalue weighted by Gasteiger charge is -2.30. The van der Waals surface area contributed by atoms with Crippen molar-refractivity contribution >= 4 is 11.6 Å². The van der Waals surface area contributed by atoms with Crippen LogP contribution < -0.4 is 4.90 Å². The molecule has 0 aliphatic heterocycles. The number of hydrogen-bond acceptors (Lipinski definition) is 2. The molecule has 1 fully saturated rings. The van der Waals surface area contributed by atoms with Crippen LogP contribution in [-0.2, 0) is 4.79 Å². The predicted octanol–water partition coefficient (Wildman–Crippen LogP) is 3.35. The molecule has 1 aliphatic rings. The van der Waals surface area contributed by atoms with Crippen LogP contribution in [0, 0.1) is 22.7 Å². The summed E-state index contributed by atoms with van der Waals surface area (Å²) >= 11 is 0. The first-order valence-corrected chi connectivity index (χ1v) is 6.73. The molecule has 0 heterocycles. The van der Waals surface area contributed by atoms with Crippen LogP contribution in [0.25, 0.3) is 0 Å². The van der Waals surface area contributed by atoms with Crippen LogP contribution in [0.15, 0.2) is 24.3 Å². The molecule has 100 valence electrons. The number of rotatable bonds is 2. The third kappa shape index (κ3) is 2.63. The van der Waals surface area contributed by atoms with Gasteiger partial charge in [-0.1, -0.05) is 26.3 Å². The molecular formula is C16H20N2O. The summed E-state index contributed by atoms with van der Waals surface area (Å²) in [5, 5.41) is 8.92. The number of benzene rings is 1. The number of carbonyl (C=O) groups excluding carboxylic acids is 1. The van der Waals surface area contributed by atoms with Crippen molar-refractivity contribution in [3.63, 3.8) is 0 Å². The van der Waals surface area contributed by atoms with Gasteiger partial charge in [-0.2, -0.15) is 5.26 Å². The third-order valence-corrected chi connectivity index (χ3v) is 4.25. The van der Waals surface area contributed by atoms with Crippen molar-refractivity contribution in [3.8, 4) is 6.07 Å². The smallest absolute Gasteiger partial charge is 0.230 e. The molecule has 0 bridgehead atoms. The van der Waals surface area contributed by atoms with E-state index >= 15 is 0 Å². The largest absolute Gasteiger partial charge is 0.315 e. The number of nitrogens with zero attached hydrogens (tertiary/aromatic N) is 2. The molecular weight excluding hydrogens is 236 g/mol. The lowest BCUT2D eigenvalue weighted by atomic mass is 9.81. The SMILES string of the molecule is CN(C(=O)C1CCCC1(C)C)c1cccc(C#N)c1. The summed E-state index contributed by atoms with van der Waals surface area (Å²) in [5.41, 5.74) is 1.47. The van der Waals surface area contributed by atoms with Gasteiger partial charge in [0.1, 0.15) is 0 Å². The summed E-state index contributed by atoms with van der Waals surface area (Å²) in [6.07, 6.45) is 3.19. The standard InChI is InChI=1S/C16H20N2O/c1-16(2)9-5-8-14(16)15(19)18(3)13-7-4-6-12(10-13)11-17/h4,6-7,10,14H,5,8-9H2,1-3H3. The summed E-state index contributed by atoms with van der Waals surface area (Å²) in [6, 6.07) is 9.32. The zero-order chi connectivity index (χ0) is 14.0. The highest BCUT2D eigenvalue weighted by Crippen LogP contribution is 2.43. The predicted molar refractivity (Wildman–Crippen MR) is 75.7 cm³/mol. The topological polar surface area (TPSA) is 44.1 Å². The molecule has 1 aromatic carbocycles. The maximum atomic E-state index is 12.6. The van der Waals surface area contributed by atoms with Gasteiger partial charge in [0.05, 0.1) is 11.6 Å². The van der Waals surface area contributed by atoms with Crippen molar-refractivity contribution in [1.29, 1.82) is 5.26 Å². The lowest BCUT2D eigenvalue weighted by molar-refractivity contribution is -0.124. The van der Waals surface area contributed by atoms with Gasteiger partial charge in [0.2, 0.25) is 5.91 Å². The Hall–Kier alpha value is -1.82. The highest BCUT2D eigenvalue weighted by Gasteiger charge is 2.40. The fourth-order valence-corrected chi connectivity index (χ4v) is 2.93. The number of hydrogen-bond donors (Lipinski definition) is 0. The minimum Gasteiger partial charge on any atom is -0.315 e. The molecule has 1 aliphatic carbocycles. The Morgan fingerprint density at radius 2 is 2.21 bits per heavy atom. The summed E-state index contributed by atoms with van der Waals surface area (Å²) in [7, 11) is 1.80. The first-order chi connectivity index (χ1) is 8.95. The fourth-order valence-electron chi connectivity index (χ4n) is 2.93. The van der Waals surface area contributed by atoms with Crippen LogP contribution >= 0.6 is 0 Å². The molecule has 2 rings (SSSR count). The van der Waals surface area contributed by atoms with Crippen LogP contribution in [0.3, 0.4) is 0 Å². The van der Waals surface area contributed by atoms with Crippen molar-refractivity contribution in [2.24, 2.45) is 11.3 Å². The molecule has 1 saturated carbocycles. The highest BCUT2D eigenvalue weighted by atomic mass is 16.2.